The zero-order valence-electron chi connectivity index (χ0n) is 15.9. The first kappa shape index (κ1) is 18.4. The van der Waals surface area contributed by atoms with Gasteiger partial charge in [0, 0.05) is 18.3 Å². The summed E-state index contributed by atoms with van der Waals surface area (Å²) in [5, 5.41) is 2.51. The first-order valence-corrected chi connectivity index (χ1v) is 9.73. The molecule has 0 radical (unpaired) electrons. The topological polar surface area (TPSA) is 16.6 Å². The monoisotopic (exact) mass is 344 g/mol. The molecule has 2 atom stereocenters. The molecule has 0 amide bonds. The molecule has 3 aromatic rings. The normalized spacial score (nSPS) is 13.5. The Morgan fingerprint density at radius 2 is 1.12 bits per heavy atom. The van der Waals surface area contributed by atoms with Crippen molar-refractivity contribution in [1.29, 1.82) is 0 Å². The zero-order valence-corrected chi connectivity index (χ0v) is 15.9. The molecule has 3 rings (SSSR count). The lowest BCUT2D eigenvalue weighted by molar-refractivity contribution is -0.692. The maximum Gasteiger partial charge on any atom is 0.0865 e. The highest BCUT2D eigenvalue weighted by atomic mass is 14.9. The quantitative estimate of drug-likeness (QED) is 0.612. The van der Waals surface area contributed by atoms with Crippen molar-refractivity contribution < 1.29 is 5.32 Å². The fraction of sp³-hybridized carbons (Fsp3) is 0.280. The van der Waals surface area contributed by atoms with E-state index in [1.54, 1.807) is 0 Å². The Balaban J connectivity index is 1.69. The van der Waals surface area contributed by atoms with Crippen molar-refractivity contribution in [3.8, 4) is 0 Å². The van der Waals surface area contributed by atoms with Gasteiger partial charge in [0.05, 0.1) is 12.6 Å². The van der Waals surface area contributed by atoms with E-state index in [1.165, 1.54) is 16.7 Å². The van der Waals surface area contributed by atoms with Crippen LogP contribution in [0.5, 0.6) is 0 Å². The summed E-state index contributed by atoms with van der Waals surface area (Å²) in [7, 11) is 0. The molecule has 0 aliphatic heterocycles. The Morgan fingerprint density at radius 1 is 0.654 bits per heavy atom. The van der Waals surface area contributed by atoms with Gasteiger partial charge in [-0.25, -0.2) is 0 Å². The summed E-state index contributed by atoms with van der Waals surface area (Å²) in [6.45, 7) is 5.90. The molecule has 1 heteroatoms. The highest BCUT2D eigenvalue weighted by Gasteiger charge is 2.27. The molecule has 0 saturated heterocycles. The minimum Gasteiger partial charge on any atom is -0.344 e. The smallest absolute Gasteiger partial charge is 0.0865 e. The Morgan fingerprint density at radius 3 is 1.62 bits per heavy atom. The first-order valence-electron chi connectivity index (χ1n) is 9.73. The predicted molar refractivity (Wildman–Crippen MR) is 110 cm³/mol. The van der Waals surface area contributed by atoms with E-state index in [0.717, 1.165) is 13.0 Å². The van der Waals surface area contributed by atoms with E-state index in [2.05, 4.69) is 110 Å². The molecular formula is C25H30N+. The Hall–Kier alpha value is -2.38. The second-order valence-corrected chi connectivity index (χ2v) is 7.28. The summed E-state index contributed by atoms with van der Waals surface area (Å²) < 4.78 is 0. The molecule has 3 aromatic carbocycles. The second kappa shape index (κ2) is 9.35. The fourth-order valence-electron chi connectivity index (χ4n) is 3.80. The van der Waals surface area contributed by atoms with E-state index in [4.69, 9.17) is 0 Å². The van der Waals surface area contributed by atoms with Gasteiger partial charge >= 0.3 is 0 Å². The van der Waals surface area contributed by atoms with Gasteiger partial charge < -0.3 is 5.32 Å². The second-order valence-electron chi connectivity index (χ2n) is 7.28. The summed E-state index contributed by atoms with van der Waals surface area (Å²) in [5.74, 6) is 0.982. The van der Waals surface area contributed by atoms with E-state index < -0.39 is 0 Å². The van der Waals surface area contributed by atoms with Crippen LogP contribution in [0.25, 0.3) is 0 Å². The van der Waals surface area contributed by atoms with E-state index in [0.29, 0.717) is 17.9 Å². The van der Waals surface area contributed by atoms with Crippen LogP contribution in [0.3, 0.4) is 0 Å². The third-order valence-electron chi connectivity index (χ3n) is 5.49. The number of rotatable bonds is 8. The minimum absolute atomic E-state index is 0.431. The molecule has 0 fully saturated rings. The maximum atomic E-state index is 2.51. The van der Waals surface area contributed by atoms with Gasteiger partial charge in [-0.05, 0) is 23.6 Å². The number of nitrogens with two attached hydrogens (primary N) is 1. The van der Waals surface area contributed by atoms with Crippen LogP contribution in [0, 0.1) is 5.92 Å². The lowest BCUT2D eigenvalue weighted by Crippen LogP contribution is -2.91. The number of benzene rings is 3. The van der Waals surface area contributed by atoms with Gasteiger partial charge in [0.25, 0.3) is 0 Å². The van der Waals surface area contributed by atoms with Crippen molar-refractivity contribution in [2.24, 2.45) is 5.92 Å². The van der Waals surface area contributed by atoms with Crippen molar-refractivity contribution in [3.63, 3.8) is 0 Å². The van der Waals surface area contributed by atoms with Crippen LogP contribution >= 0.6 is 0 Å². The zero-order chi connectivity index (χ0) is 18.2. The van der Waals surface area contributed by atoms with E-state index in [-0.39, 0.29) is 0 Å². The molecule has 0 aliphatic carbocycles. The van der Waals surface area contributed by atoms with Crippen LogP contribution in [0.4, 0.5) is 0 Å². The third-order valence-corrected chi connectivity index (χ3v) is 5.49. The van der Waals surface area contributed by atoms with Crippen LogP contribution in [-0.2, 0) is 6.42 Å². The van der Waals surface area contributed by atoms with E-state index in [1.807, 2.05) is 0 Å². The van der Waals surface area contributed by atoms with E-state index in [9.17, 15) is 0 Å². The molecule has 0 spiro atoms. The highest BCUT2D eigenvalue weighted by molar-refractivity contribution is 5.33. The maximum absolute atomic E-state index is 2.51. The summed E-state index contributed by atoms with van der Waals surface area (Å²) in [4.78, 5) is 0. The average Bonchev–Trinajstić information content (AvgIpc) is 2.70. The summed E-state index contributed by atoms with van der Waals surface area (Å²) >= 11 is 0. The van der Waals surface area contributed by atoms with Gasteiger partial charge in [-0.2, -0.15) is 0 Å². The molecular weight excluding hydrogens is 314 g/mol. The van der Waals surface area contributed by atoms with Gasteiger partial charge in [-0.15, -0.1) is 0 Å². The summed E-state index contributed by atoms with van der Waals surface area (Å²) in [5.41, 5.74) is 4.25. The molecule has 0 bridgehead atoms. The van der Waals surface area contributed by atoms with Crippen LogP contribution < -0.4 is 5.32 Å². The fourth-order valence-corrected chi connectivity index (χ4v) is 3.80. The van der Waals surface area contributed by atoms with Gasteiger partial charge in [0.1, 0.15) is 0 Å². The van der Waals surface area contributed by atoms with Crippen LogP contribution in [0.15, 0.2) is 91.0 Å². The van der Waals surface area contributed by atoms with Crippen LogP contribution in [0.2, 0.25) is 0 Å². The summed E-state index contributed by atoms with van der Waals surface area (Å²) in [6.07, 6.45) is 1.12. The third kappa shape index (κ3) is 4.83. The lowest BCUT2D eigenvalue weighted by atomic mass is 9.78. The Bertz CT molecular complexity index is 712. The van der Waals surface area contributed by atoms with Crippen molar-refractivity contribution >= 4 is 0 Å². The Labute approximate surface area is 158 Å². The SMILES string of the molecule is C[C@H]([NH2+]CCc1ccccc1)[C@H](C)C(c1ccccc1)c1ccccc1. The molecule has 1 nitrogen and oxygen atoms in total. The van der Waals surface area contributed by atoms with Crippen molar-refractivity contribution in [3.05, 3.63) is 108 Å². The molecule has 2 N–H and O–H groups in total. The molecule has 0 aromatic heterocycles. The van der Waals surface area contributed by atoms with Crippen molar-refractivity contribution in [2.75, 3.05) is 6.54 Å². The predicted octanol–water partition coefficient (Wildman–Crippen LogP) is 4.65. The number of hydrogen-bond donors (Lipinski definition) is 1. The highest BCUT2D eigenvalue weighted by Crippen LogP contribution is 2.32. The molecule has 0 saturated carbocycles. The molecule has 0 heterocycles. The van der Waals surface area contributed by atoms with Gasteiger partial charge in [0.15, 0.2) is 0 Å². The molecule has 134 valence electrons. The van der Waals surface area contributed by atoms with E-state index >= 15 is 0 Å². The van der Waals surface area contributed by atoms with Gasteiger partial charge in [-0.1, -0.05) is 97.9 Å². The van der Waals surface area contributed by atoms with Crippen molar-refractivity contribution in [1.82, 2.24) is 0 Å². The minimum atomic E-state index is 0.431. The van der Waals surface area contributed by atoms with Gasteiger partial charge in [0.2, 0.25) is 0 Å². The van der Waals surface area contributed by atoms with Crippen molar-refractivity contribution in [2.45, 2.75) is 32.2 Å². The van der Waals surface area contributed by atoms with Crippen LogP contribution in [0.1, 0.15) is 36.5 Å². The number of hydrogen-bond acceptors (Lipinski definition) is 0. The lowest BCUT2D eigenvalue weighted by Gasteiger charge is -2.28. The standard InChI is InChI=1S/C25H29N/c1-20(21(2)26-19-18-22-12-6-3-7-13-22)25(23-14-8-4-9-15-23)24-16-10-5-11-17-24/h3-17,20-21,25-26H,18-19H2,1-2H3/p+1/t20-,21-/m0/s1. The summed E-state index contributed by atoms with van der Waals surface area (Å²) in [6, 6.07) is 33.2. The first-order chi connectivity index (χ1) is 12.8. The van der Waals surface area contributed by atoms with Gasteiger partial charge in [-0.3, -0.25) is 0 Å². The Kier molecular flexibility index (Phi) is 6.62. The molecule has 0 aliphatic rings. The molecule has 0 unspecified atom stereocenters. The van der Waals surface area contributed by atoms with Crippen LogP contribution in [-0.4, -0.2) is 12.6 Å². The largest absolute Gasteiger partial charge is 0.344 e. The number of quaternary nitrogens is 1. The molecule has 26 heavy (non-hydrogen) atoms. The average molecular weight is 345 g/mol.